The molecule has 1 fully saturated rings. The van der Waals surface area contributed by atoms with Crippen LogP contribution >= 0.6 is 0 Å². The maximum absolute atomic E-state index is 12.0. The van der Waals surface area contributed by atoms with Crippen LogP contribution in [0.1, 0.15) is 77.4 Å². The largest absolute Gasteiger partial charge is 1.00 e. The summed E-state index contributed by atoms with van der Waals surface area (Å²) < 4.78 is 33.8. The van der Waals surface area contributed by atoms with Crippen molar-refractivity contribution in [2.24, 2.45) is 11.3 Å². The van der Waals surface area contributed by atoms with Crippen molar-refractivity contribution in [2.45, 2.75) is 76.0 Å². The Labute approximate surface area is 185 Å². The molecular formula is C20H29NaO5S. The number of hydrogen-bond acceptors (Lipinski definition) is 3. The molecule has 1 unspecified atom stereocenters. The van der Waals surface area contributed by atoms with E-state index in [1.54, 1.807) is 6.07 Å². The number of carboxylic acid groups (broad SMARTS) is 1. The average molecular weight is 405 g/mol. The number of benzene rings is 1. The standard InChI is InChI=1S/C20H28O5S.Na.H/c1-12(2)14-10-13-6-7-17-19(3,8-5-9-20(17,4)18(21)22)15(13)11-16(14)26(23,24)25;;/h10-12,17H,5-9H2,1-4H3,(H,21,22)(H,23,24,25);;/q;+1;-1/t17?,19-,20-;;/m1../s1. The number of fused-ring (bicyclic) bond motifs is 3. The topological polar surface area (TPSA) is 91.7 Å². The van der Waals surface area contributed by atoms with Gasteiger partial charge in [-0.15, -0.1) is 0 Å². The molecule has 1 aromatic rings. The molecule has 0 amide bonds. The van der Waals surface area contributed by atoms with Crippen LogP contribution in [-0.4, -0.2) is 24.0 Å². The summed E-state index contributed by atoms with van der Waals surface area (Å²) in [4.78, 5) is 12.0. The van der Waals surface area contributed by atoms with Crippen LogP contribution in [0, 0.1) is 11.3 Å². The molecule has 0 aromatic heterocycles. The summed E-state index contributed by atoms with van der Waals surface area (Å²) in [6, 6.07) is 3.54. The van der Waals surface area contributed by atoms with Crippen molar-refractivity contribution >= 4 is 16.1 Å². The molecule has 0 bridgehead atoms. The number of carbonyl (C=O) groups is 1. The van der Waals surface area contributed by atoms with E-state index in [4.69, 9.17) is 0 Å². The molecule has 1 saturated carbocycles. The summed E-state index contributed by atoms with van der Waals surface area (Å²) in [5, 5.41) is 9.86. The Balaban J connectivity index is 0.00000196. The zero-order valence-corrected chi connectivity index (χ0v) is 19.7. The predicted molar refractivity (Wildman–Crippen MR) is 100 cm³/mol. The van der Waals surface area contributed by atoms with Crippen molar-refractivity contribution in [3.8, 4) is 0 Å². The molecular weight excluding hydrogens is 375 g/mol. The second-order valence-corrected chi connectivity index (χ2v) is 10.2. The van der Waals surface area contributed by atoms with Crippen molar-refractivity contribution in [3.05, 3.63) is 28.8 Å². The Kier molecular flexibility index (Phi) is 6.31. The first-order valence-electron chi connectivity index (χ1n) is 9.29. The van der Waals surface area contributed by atoms with Gasteiger partial charge in [0.25, 0.3) is 10.1 Å². The van der Waals surface area contributed by atoms with Crippen LogP contribution in [0.25, 0.3) is 0 Å². The van der Waals surface area contributed by atoms with Crippen LogP contribution in [0.15, 0.2) is 17.0 Å². The Bertz CT molecular complexity index is 870. The fraction of sp³-hybridized carbons (Fsp3) is 0.650. The van der Waals surface area contributed by atoms with E-state index in [1.165, 1.54) is 0 Å². The van der Waals surface area contributed by atoms with E-state index >= 15 is 0 Å². The number of carboxylic acids is 1. The number of aliphatic carboxylic acids is 1. The van der Waals surface area contributed by atoms with Gasteiger partial charge in [-0.1, -0.05) is 33.3 Å². The van der Waals surface area contributed by atoms with Crippen LogP contribution < -0.4 is 29.6 Å². The quantitative estimate of drug-likeness (QED) is 0.585. The van der Waals surface area contributed by atoms with Crippen molar-refractivity contribution in [1.82, 2.24) is 0 Å². The molecule has 0 saturated heterocycles. The number of aryl methyl sites for hydroxylation is 1. The van der Waals surface area contributed by atoms with Crippen molar-refractivity contribution in [3.63, 3.8) is 0 Å². The molecule has 0 spiro atoms. The van der Waals surface area contributed by atoms with Gasteiger partial charge in [0.1, 0.15) is 0 Å². The summed E-state index contributed by atoms with van der Waals surface area (Å²) in [6.07, 6.45) is 3.80. The fourth-order valence-electron chi connectivity index (χ4n) is 5.45. The van der Waals surface area contributed by atoms with Crippen molar-refractivity contribution in [1.29, 1.82) is 0 Å². The average Bonchev–Trinajstić information content (AvgIpc) is 2.52. The molecule has 3 atom stereocenters. The Morgan fingerprint density at radius 1 is 1.26 bits per heavy atom. The smallest absolute Gasteiger partial charge is 1.00 e. The molecule has 5 nitrogen and oxygen atoms in total. The number of hydrogen-bond donors (Lipinski definition) is 2. The molecule has 0 radical (unpaired) electrons. The van der Waals surface area contributed by atoms with Gasteiger partial charge in [-0.2, -0.15) is 8.42 Å². The maximum Gasteiger partial charge on any atom is 1.00 e. The van der Waals surface area contributed by atoms with Crippen LogP contribution in [0.3, 0.4) is 0 Å². The molecule has 3 rings (SSSR count). The van der Waals surface area contributed by atoms with E-state index < -0.39 is 26.9 Å². The first kappa shape index (κ1) is 22.9. The summed E-state index contributed by atoms with van der Waals surface area (Å²) >= 11 is 0. The normalized spacial score (nSPS) is 30.2. The minimum Gasteiger partial charge on any atom is -1.00 e. The van der Waals surface area contributed by atoms with Gasteiger partial charge in [-0.25, -0.2) is 0 Å². The van der Waals surface area contributed by atoms with Gasteiger partial charge in [0.15, 0.2) is 0 Å². The zero-order valence-electron chi connectivity index (χ0n) is 17.9. The predicted octanol–water partition coefficient (Wildman–Crippen LogP) is 1.27. The third kappa shape index (κ3) is 3.64. The fourth-order valence-corrected chi connectivity index (χ4v) is 6.31. The molecule has 1 aromatic carbocycles. The SMILES string of the molecule is CC(C)c1cc2c(cc1S(=O)(=O)O)[C@@]1(C)CCC[C@@](C)(C(=O)O)C1CC2.[H-].[Na+]. The zero-order chi connectivity index (χ0) is 19.5. The monoisotopic (exact) mass is 404 g/mol. The van der Waals surface area contributed by atoms with E-state index in [0.29, 0.717) is 12.0 Å². The van der Waals surface area contributed by atoms with Crippen molar-refractivity contribution in [2.75, 3.05) is 0 Å². The van der Waals surface area contributed by atoms with E-state index in [9.17, 15) is 22.9 Å². The Hall–Kier alpha value is -0.400. The Morgan fingerprint density at radius 2 is 1.89 bits per heavy atom. The molecule has 0 aliphatic heterocycles. The third-order valence-corrected chi connectivity index (χ3v) is 7.78. The Morgan fingerprint density at radius 3 is 2.41 bits per heavy atom. The van der Waals surface area contributed by atoms with Crippen LogP contribution in [0.2, 0.25) is 0 Å². The summed E-state index contributed by atoms with van der Waals surface area (Å²) in [5.41, 5.74) is 1.42. The van der Waals surface area contributed by atoms with Crippen LogP contribution in [0.5, 0.6) is 0 Å². The minimum atomic E-state index is -4.34. The van der Waals surface area contributed by atoms with Crippen LogP contribution in [0.4, 0.5) is 0 Å². The summed E-state index contributed by atoms with van der Waals surface area (Å²) in [5.74, 6) is -0.850. The maximum atomic E-state index is 12.0. The second-order valence-electron chi connectivity index (χ2n) is 8.76. The van der Waals surface area contributed by atoms with Gasteiger partial charge in [-0.05, 0) is 72.6 Å². The van der Waals surface area contributed by atoms with E-state index in [-0.39, 0.29) is 47.7 Å². The van der Waals surface area contributed by atoms with E-state index in [1.807, 2.05) is 26.8 Å². The van der Waals surface area contributed by atoms with Gasteiger partial charge in [0, 0.05) is 0 Å². The van der Waals surface area contributed by atoms with E-state index in [0.717, 1.165) is 36.8 Å². The van der Waals surface area contributed by atoms with Crippen LogP contribution in [-0.2, 0) is 26.7 Å². The number of rotatable bonds is 3. The summed E-state index contributed by atoms with van der Waals surface area (Å²) in [7, 11) is -4.34. The molecule has 2 N–H and O–H groups in total. The molecule has 7 heteroatoms. The third-order valence-electron chi connectivity index (χ3n) is 6.87. The van der Waals surface area contributed by atoms with Gasteiger partial charge in [0.2, 0.25) is 0 Å². The van der Waals surface area contributed by atoms with Gasteiger partial charge < -0.3 is 6.53 Å². The van der Waals surface area contributed by atoms with Gasteiger partial charge in [0.05, 0.1) is 10.3 Å². The molecule has 2 aliphatic carbocycles. The second kappa shape index (κ2) is 7.45. The molecule has 0 heterocycles. The molecule has 2 aliphatic rings. The van der Waals surface area contributed by atoms with Crippen molar-refractivity contribution < 1.29 is 53.9 Å². The van der Waals surface area contributed by atoms with Gasteiger partial charge >= 0.3 is 35.5 Å². The first-order chi connectivity index (χ1) is 11.9. The van der Waals surface area contributed by atoms with E-state index in [2.05, 4.69) is 6.92 Å². The minimum absolute atomic E-state index is 0. The summed E-state index contributed by atoms with van der Waals surface area (Å²) in [6.45, 7) is 7.71. The first-order valence-corrected chi connectivity index (χ1v) is 10.7. The van der Waals surface area contributed by atoms with Gasteiger partial charge in [-0.3, -0.25) is 9.35 Å². The molecule has 27 heavy (non-hydrogen) atoms. The molecule has 146 valence electrons.